The Morgan fingerprint density at radius 1 is 1.64 bits per heavy atom. The maximum absolute atomic E-state index is 10.4. The number of nitrogens with zero attached hydrogens (tertiary/aromatic N) is 2. The second kappa shape index (κ2) is 4.64. The summed E-state index contributed by atoms with van der Waals surface area (Å²) in [6, 6.07) is 2.37. The Bertz CT molecular complexity index is 329. The van der Waals surface area contributed by atoms with Gasteiger partial charge in [0.1, 0.15) is 0 Å². The van der Waals surface area contributed by atoms with Gasteiger partial charge in [-0.25, -0.2) is 0 Å². The van der Waals surface area contributed by atoms with Crippen LogP contribution >= 0.6 is 0 Å². The summed E-state index contributed by atoms with van der Waals surface area (Å²) in [7, 11) is 0. The molecule has 4 N–H and O–H groups in total. The molecule has 0 spiro atoms. The van der Waals surface area contributed by atoms with E-state index >= 15 is 0 Å². The molecule has 1 aromatic rings. The van der Waals surface area contributed by atoms with Crippen molar-refractivity contribution >= 4 is 5.69 Å². The van der Waals surface area contributed by atoms with Crippen molar-refractivity contribution in [2.24, 2.45) is 11.5 Å². The molecule has 0 saturated heterocycles. The van der Waals surface area contributed by atoms with Crippen LogP contribution in [0.2, 0.25) is 0 Å². The van der Waals surface area contributed by atoms with E-state index in [-0.39, 0.29) is 11.7 Å². The van der Waals surface area contributed by atoms with Gasteiger partial charge < -0.3 is 11.5 Å². The van der Waals surface area contributed by atoms with Crippen LogP contribution < -0.4 is 11.5 Å². The largest absolute Gasteiger partial charge is 0.330 e. The van der Waals surface area contributed by atoms with Crippen molar-refractivity contribution in [1.82, 2.24) is 4.98 Å². The molecule has 0 aliphatic rings. The van der Waals surface area contributed by atoms with Crippen molar-refractivity contribution in [3.63, 3.8) is 0 Å². The quantitative estimate of drug-likeness (QED) is 0.533. The van der Waals surface area contributed by atoms with Gasteiger partial charge in [0, 0.05) is 24.4 Å². The second-order valence-electron chi connectivity index (χ2n) is 2.88. The van der Waals surface area contributed by atoms with Gasteiger partial charge in [-0.2, -0.15) is 0 Å². The standard InChI is InChI=1S/C8H12N4O2/c9-3-1-7(10)8-5-6(12(13)14)2-4-11-8/h2,4-5,7H,1,3,9-10H2. The van der Waals surface area contributed by atoms with E-state index in [1.54, 1.807) is 0 Å². The Kier molecular flexibility index (Phi) is 3.49. The number of pyridine rings is 1. The number of nitro groups is 1. The lowest BCUT2D eigenvalue weighted by Gasteiger charge is -2.08. The van der Waals surface area contributed by atoms with Gasteiger partial charge in [0.2, 0.25) is 0 Å². The Balaban J connectivity index is 2.87. The average Bonchev–Trinajstić information content (AvgIpc) is 2.18. The molecule has 1 aromatic heterocycles. The van der Waals surface area contributed by atoms with Gasteiger partial charge in [0.05, 0.1) is 10.6 Å². The highest BCUT2D eigenvalue weighted by molar-refractivity contribution is 5.30. The first-order valence-electron chi connectivity index (χ1n) is 4.21. The van der Waals surface area contributed by atoms with E-state index in [4.69, 9.17) is 11.5 Å². The molecule has 1 rings (SSSR count). The summed E-state index contributed by atoms with van der Waals surface area (Å²) in [5.74, 6) is 0. The van der Waals surface area contributed by atoms with Crippen molar-refractivity contribution < 1.29 is 4.92 Å². The summed E-state index contributed by atoms with van der Waals surface area (Å²) in [5, 5.41) is 10.4. The zero-order valence-electron chi connectivity index (χ0n) is 7.59. The third-order valence-electron chi connectivity index (χ3n) is 1.83. The van der Waals surface area contributed by atoms with Gasteiger partial charge in [-0.3, -0.25) is 15.1 Å². The number of rotatable bonds is 4. The van der Waals surface area contributed by atoms with Crippen LogP contribution in [-0.4, -0.2) is 16.5 Å². The van der Waals surface area contributed by atoms with Gasteiger partial charge >= 0.3 is 0 Å². The van der Waals surface area contributed by atoms with Gasteiger partial charge in [-0.15, -0.1) is 0 Å². The predicted octanol–water partition coefficient (Wildman–Crippen LogP) is 0.338. The molecule has 0 saturated carbocycles. The average molecular weight is 196 g/mol. The highest BCUT2D eigenvalue weighted by Crippen LogP contribution is 2.16. The molecule has 0 aromatic carbocycles. The van der Waals surface area contributed by atoms with Crippen molar-refractivity contribution in [3.05, 3.63) is 34.1 Å². The van der Waals surface area contributed by atoms with Crippen molar-refractivity contribution in [2.45, 2.75) is 12.5 Å². The van der Waals surface area contributed by atoms with Crippen LogP contribution in [0, 0.1) is 10.1 Å². The van der Waals surface area contributed by atoms with Crippen LogP contribution in [0.5, 0.6) is 0 Å². The molecule has 6 nitrogen and oxygen atoms in total. The molecule has 0 bridgehead atoms. The third kappa shape index (κ3) is 2.48. The second-order valence-corrected chi connectivity index (χ2v) is 2.88. The molecular formula is C8H12N4O2. The summed E-state index contributed by atoms with van der Waals surface area (Å²) in [4.78, 5) is 13.9. The van der Waals surface area contributed by atoms with E-state index in [9.17, 15) is 10.1 Å². The lowest BCUT2D eigenvalue weighted by atomic mass is 10.1. The summed E-state index contributed by atoms with van der Waals surface area (Å²) >= 11 is 0. The van der Waals surface area contributed by atoms with Crippen LogP contribution in [0.1, 0.15) is 18.2 Å². The molecule has 0 fully saturated rings. The highest BCUT2D eigenvalue weighted by Gasteiger charge is 2.11. The van der Waals surface area contributed by atoms with Crippen LogP contribution in [0.4, 0.5) is 5.69 Å². The normalized spacial score (nSPS) is 12.4. The Labute approximate surface area is 81.1 Å². The predicted molar refractivity (Wildman–Crippen MR) is 51.5 cm³/mol. The summed E-state index contributed by atoms with van der Waals surface area (Å²) in [6.45, 7) is 0.436. The lowest BCUT2D eigenvalue weighted by molar-refractivity contribution is -0.385. The Hall–Kier alpha value is -1.53. The van der Waals surface area contributed by atoms with E-state index in [2.05, 4.69) is 4.98 Å². The SMILES string of the molecule is NCCC(N)c1cc([N+](=O)[O-])ccn1. The van der Waals surface area contributed by atoms with Gasteiger partial charge in [0.25, 0.3) is 5.69 Å². The molecule has 1 heterocycles. The van der Waals surface area contributed by atoms with Gasteiger partial charge in [0.15, 0.2) is 0 Å². The smallest absolute Gasteiger partial charge is 0.272 e. The maximum Gasteiger partial charge on any atom is 0.272 e. The molecule has 14 heavy (non-hydrogen) atoms. The number of hydrogen-bond acceptors (Lipinski definition) is 5. The van der Waals surface area contributed by atoms with Crippen LogP contribution in [0.3, 0.4) is 0 Å². The Morgan fingerprint density at radius 2 is 2.36 bits per heavy atom. The fraction of sp³-hybridized carbons (Fsp3) is 0.375. The van der Waals surface area contributed by atoms with Gasteiger partial charge in [-0.05, 0) is 13.0 Å². The van der Waals surface area contributed by atoms with Crippen molar-refractivity contribution in [1.29, 1.82) is 0 Å². The first kappa shape index (κ1) is 10.6. The molecule has 1 unspecified atom stereocenters. The topological polar surface area (TPSA) is 108 Å². The van der Waals surface area contributed by atoms with Crippen molar-refractivity contribution in [2.75, 3.05) is 6.54 Å². The van der Waals surface area contributed by atoms with E-state index in [1.165, 1.54) is 18.3 Å². The fourth-order valence-corrected chi connectivity index (χ4v) is 1.08. The van der Waals surface area contributed by atoms with Crippen molar-refractivity contribution in [3.8, 4) is 0 Å². The number of aromatic nitrogens is 1. The third-order valence-corrected chi connectivity index (χ3v) is 1.83. The molecule has 6 heteroatoms. The summed E-state index contributed by atoms with van der Waals surface area (Å²) in [6.07, 6.45) is 1.94. The molecule has 0 aliphatic heterocycles. The van der Waals surface area contributed by atoms with E-state index in [1.807, 2.05) is 0 Å². The summed E-state index contributed by atoms with van der Waals surface area (Å²) < 4.78 is 0. The molecular weight excluding hydrogens is 184 g/mol. The molecule has 76 valence electrons. The zero-order chi connectivity index (χ0) is 10.6. The van der Waals surface area contributed by atoms with Gasteiger partial charge in [-0.1, -0.05) is 0 Å². The van der Waals surface area contributed by atoms with Crippen LogP contribution in [0.15, 0.2) is 18.3 Å². The monoisotopic (exact) mass is 196 g/mol. The minimum absolute atomic E-state index is 0.00229. The number of hydrogen-bond donors (Lipinski definition) is 2. The van der Waals surface area contributed by atoms with E-state index in [0.717, 1.165) is 0 Å². The molecule has 0 aliphatic carbocycles. The van der Waals surface area contributed by atoms with Crippen LogP contribution in [0.25, 0.3) is 0 Å². The van der Waals surface area contributed by atoms with E-state index < -0.39 is 4.92 Å². The lowest BCUT2D eigenvalue weighted by Crippen LogP contribution is -2.16. The fourth-order valence-electron chi connectivity index (χ4n) is 1.08. The first-order valence-corrected chi connectivity index (χ1v) is 4.21. The minimum Gasteiger partial charge on any atom is -0.330 e. The molecule has 0 amide bonds. The molecule has 0 radical (unpaired) electrons. The Morgan fingerprint density at radius 3 is 2.93 bits per heavy atom. The summed E-state index contributed by atoms with van der Waals surface area (Å²) in [5.41, 5.74) is 11.5. The minimum atomic E-state index is -0.472. The highest BCUT2D eigenvalue weighted by atomic mass is 16.6. The molecule has 1 atom stereocenters. The zero-order valence-corrected chi connectivity index (χ0v) is 7.59. The van der Waals surface area contributed by atoms with E-state index in [0.29, 0.717) is 18.7 Å². The maximum atomic E-state index is 10.4. The first-order chi connectivity index (χ1) is 6.65. The number of nitrogens with two attached hydrogens (primary N) is 2. The van der Waals surface area contributed by atoms with Crippen LogP contribution in [-0.2, 0) is 0 Å².